The first-order valence-electron chi connectivity index (χ1n) is 8.92. The summed E-state index contributed by atoms with van der Waals surface area (Å²) in [5, 5.41) is 0.460. The average Bonchev–Trinajstić information content (AvgIpc) is 2.74. The number of ether oxygens (including phenoxy) is 2. The van der Waals surface area contributed by atoms with Gasteiger partial charge in [-0.25, -0.2) is 9.78 Å². The minimum atomic E-state index is -2.95. The summed E-state index contributed by atoms with van der Waals surface area (Å²) in [7, 11) is 0. The number of carbonyl (C=O) groups is 2. The van der Waals surface area contributed by atoms with Crippen molar-refractivity contribution in [1.82, 2.24) is 4.98 Å². The van der Waals surface area contributed by atoms with Crippen LogP contribution in [0.1, 0.15) is 27.6 Å². The van der Waals surface area contributed by atoms with Gasteiger partial charge in [-0.2, -0.15) is 8.78 Å². The smallest absolute Gasteiger partial charge is 0.387 e. The molecule has 0 fully saturated rings. The van der Waals surface area contributed by atoms with Crippen LogP contribution in [0.25, 0.3) is 0 Å². The van der Waals surface area contributed by atoms with Crippen LogP contribution in [0.15, 0.2) is 82.8 Å². The summed E-state index contributed by atoms with van der Waals surface area (Å²) in [5.74, 6) is -1.21. The van der Waals surface area contributed by atoms with Gasteiger partial charge in [0, 0.05) is 16.7 Å². The third-order valence-corrected chi connectivity index (χ3v) is 4.99. The molecule has 3 rings (SSSR count). The van der Waals surface area contributed by atoms with Crippen molar-refractivity contribution in [2.45, 2.75) is 29.6 Å². The third-order valence-electron chi connectivity index (χ3n) is 3.97. The normalized spacial score (nSPS) is 11.7. The highest BCUT2D eigenvalue weighted by atomic mass is 32.2. The second-order valence-corrected chi connectivity index (χ2v) is 7.15. The Kier molecular flexibility index (Phi) is 7.13. The van der Waals surface area contributed by atoms with Gasteiger partial charge in [0.1, 0.15) is 10.8 Å². The monoisotopic (exact) mass is 429 g/mol. The standard InChI is InChI=1S/C22H17F2NO4S/c1-14(19(26)15-9-11-16(12-10-15)29-22(23)24)28-21(27)18-8-5-13-25-20(18)30-17-6-3-2-4-7-17/h2-14,22H,1H3/t14-/m0/s1. The first-order valence-corrected chi connectivity index (χ1v) is 9.73. The van der Waals surface area contributed by atoms with Crippen LogP contribution in [0.4, 0.5) is 8.78 Å². The van der Waals surface area contributed by atoms with Gasteiger partial charge in [0.2, 0.25) is 5.78 Å². The predicted octanol–water partition coefficient (Wildman–Crippen LogP) is 5.26. The number of aromatic nitrogens is 1. The summed E-state index contributed by atoms with van der Waals surface area (Å²) in [6.07, 6.45) is 0.494. The number of nitrogens with zero attached hydrogens (tertiary/aromatic N) is 1. The lowest BCUT2D eigenvalue weighted by molar-refractivity contribution is -0.0498. The van der Waals surface area contributed by atoms with E-state index in [2.05, 4.69) is 9.72 Å². The van der Waals surface area contributed by atoms with Gasteiger partial charge in [-0.1, -0.05) is 30.0 Å². The molecule has 0 radical (unpaired) electrons. The van der Waals surface area contributed by atoms with E-state index in [0.717, 1.165) is 4.90 Å². The second-order valence-electron chi connectivity index (χ2n) is 6.09. The van der Waals surface area contributed by atoms with E-state index >= 15 is 0 Å². The number of carbonyl (C=O) groups excluding carboxylic acids is 2. The van der Waals surface area contributed by atoms with Gasteiger partial charge in [-0.3, -0.25) is 4.79 Å². The molecule has 0 saturated carbocycles. The van der Waals surface area contributed by atoms with E-state index in [1.54, 1.807) is 18.3 Å². The Bertz CT molecular complexity index is 1010. The maximum absolute atomic E-state index is 12.6. The molecule has 30 heavy (non-hydrogen) atoms. The summed E-state index contributed by atoms with van der Waals surface area (Å²) in [5.41, 5.74) is 0.452. The molecule has 1 atom stereocenters. The van der Waals surface area contributed by atoms with Gasteiger partial charge in [0.05, 0.1) is 5.56 Å². The average molecular weight is 429 g/mol. The quantitative estimate of drug-likeness (QED) is 0.359. The minimum Gasteiger partial charge on any atom is -0.451 e. The maximum atomic E-state index is 12.6. The molecular formula is C22H17F2NO4S. The van der Waals surface area contributed by atoms with Crippen LogP contribution >= 0.6 is 11.8 Å². The summed E-state index contributed by atoms with van der Waals surface area (Å²) in [6.45, 7) is -1.50. The van der Waals surface area contributed by atoms with E-state index in [9.17, 15) is 18.4 Å². The van der Waals surface area contributed by atoms with Crippen molar-refractivity contribution in [2.24, 2.45) is 0 Å². The Morgan fingerprint density at radius 2 is 1.67 bits per heavy atom. The summed E-state index contributed by atoms with van der Waals surface area (Å²) < 4.78 is 34.0. The first kappa shape index (κ1) is 21.4. The Balaban J connectivity index is 1.69. The Hall–Kier alpha value is -3.26. The zero-order valence-corrected chi connectivity index (χ0v) is 16.6. The van der Waals surface area contributed by atoms with Gasteiger partial charge in [0.25, 0.3) is 0 Å². The number of halogens is 2. The molecule has 3 aromatic rings. The fourth-order valence-corrected chi connectivity index (χ4v) is 3.43. The number of ketones is 1. The fraction of sp³-hybridized carbons (Fsp3) is 0.136. The molecule has 0 bridgehead atoms. The molecule has 8 heteroatoms. The number of hydrogen-bond donors (Lipinski definition) is 0. The first-order chi connectivity index (χ1) is 14.4. The molecule has 0 unspecified atom stereocenters. The van der Waals surface area contributed by atoms with E-state index in [4.69, 9.17) is 4.74 Å². The summed E-state index contributed by atoms with van der Waals surface area (Å²) in [6, 6.07) is 17.8. The maximum Gasteiger partial charge on any atom is 0.387 e. The van der Waals surface area contributed by atoms with Crippen molar-refractivity contribution in [1.29, 1.82) is 0 Å². The molecule has 0 saturated heterocycles. The molecule has 2 aromatic carbocycles. The molecule has 0 aliphatic rings. The van der Waals surface area contributed by atoms with Crippen LogP contribution in [0.3, 0.4) is 0 Å². The highest BCUT2D eigenvalue weighted by molar-refractivity contribution is 7.99. The number of esters is 1. The minimum absolute atomic E-state index is 0.0656. The van der Waals surface area contributed by atoms with Crippen LogP contribution in [0.2, 0.25) is 0 Å². The SMILES string of the molecule is C[C@H](OC(=O)c1cccnc1Sc1ccccc1)C(=O)c1ccc(OC(F)F)cc1. The van der Waals surface area contributed by atoms with E-state index in [-0.39, 0.29) is 16.9 Å². The molecule has 154 valence electrons. The van der Waals surface area contributed by atoms with E-state index in [0.29, 0.717) is 5.03 Å². The molecule has 0 N–H and O–H groups in total. The van der Waals surface area contributed by atoms with Gasteiger partial charge in [0.15, 0.2) is 6.10 Å². The zero-order valence-electron chi connectivity index (χ0n) is 15.8. The van der Waals surface area contributed by atoms with Crippen molar-refractivity contribution in [3.63, 3.8) is 0 Å². The van der Waals surface area contributed by atoms with Crippen LogP contribution in [-0.2, 0) is 4.74 Å². The van der Waals surface area contributed by atoms with Gasteiger partial charge < -0.3 is 9.47 Å². The third kappa shape index (κ3) is 5.64. The number of hydrogen-bond acceptors (Lipinski definition) is 6. The van der Waals surface area contributed by atoms with Crippen molar-refractivity contribution >= 4 is 23.5 Å². The Morgan fingerprint density at radius 3 is 2.33 bits per heavy atom. The van der Waals surface area contributed by atoms with Crippen LogP contribution in [0, 0.1) is 0 Å². The van der Waals surface area contributed by atoms with E-state index < -0.39 is 24.5 Å². The number of benzene rings is 2. The number of Topliss-reactive ketones (excluding diaryl/α,β-unsaturated/α-hetero) is 1. The number of pyridine rings is 1. The van der Waals surface area contributed by atoms with Crippen molar-refractivity contribution in [3.8, 4) is 5.75 Å². The molecule has 0 aliphatic carbocycles. The Labute approximate surface area is 176 Å². The Morgan fingerprint density at radius 1 is 0.967 bits per heavy atom. The topological polar surface area (TPSA) is 65.5 Å². The molecule has 1 aromatic heterocycles. The van der Waals surface area contributed by atoms with Crippen LogP contribution < -0.4 is 4.74 Å². The molecule has 5 nitrogen and oxygen atoms in total. The van der Waals surface area contributed by atoms with Crippen molar-refractivity contribution in [3.05, 3.63) is 84.1 Å². The number of alkyl halides is 2. The van der Waals surface area contributed by atoms with Gasteiger partial charge in [-0.05, 0) is 55.5 Å². The zero-order chi connectivity index (χ0) is 21.5. The fourth-order valence-electron chi connectivity index (χ4n) is 2.54. The lowest BCUT2D eigenvalue weighted by atomic mass is 10.1. The molecule has 0 spiro atoms. The molecule has 0 aliphatic heterocycles. The van der Waals surface area contributed by atoms with Crippen molar-refractivity contribution in [2.75, 3.05) is 0 Å². The molecular weight excluding hydrogens is 412 g/mol. The van der Waals surface area contributed by atoms with Crippen LogP contribution in [-0.4, -0.2) is 29.5 Å². The van der Waals surface area contributed by atoms with Gasteiger partial charge in [-0.15, -0.1) is 0 Å². The molecule has 0 amide bonds. The summed E-state index contributed by atoms with van der Waals surface area (Å²) >= 11 is 1.31. The largest absolute Gasteiger partial charge is 0.451 e. The lowest BCUT2D eigenvalue weighted by Gasteiger charge is -2.14. The molecule has 1 heterocycles. The van der Waals surface area contributed by atoms with Crippen LogP contribution in [0.5, 0.6) is 5.75 Å². The lowest BCUT2D eigenvalue weighted by Crippen LogP contribution is -2.24. The highest BCUT2D eigenvalue weighted by Gasteiger charge is 2.23. The van der Waals surface area contributed by atoms with E-state index in [1.165, 1.54) is 43.0 Å². The number of rotatable bonds is 8. The van der Waals surface area contributed by atoms with Gasteiger partial charge >= 0.3 is 12.6 Å². The van der Waals surface area contributed by atoms with Crippen molar-refractivity contribution < 1.29 is 27.8 Å². The van der Waals surface area contributed by atoms with E-state index in [1.807, 2.05) is 30.3 Å². The highest BCUT2D eigenvalue weighted by Crippen LogP contribution is 2.29. The second kappa shape index (κ2) is 9.98. The summed E-state index contributed by atoms with van der Waals surface area (Å²) in [4.78, 5) is 30.3. The predicted molar refractivity (Wildman–Crippen MR) is 107 cm³/mol.